The van der Waals surface area contributed by atoms with Crippen LogP contribution in [0.1, 0.15) is 28.9 Å². The lowest BCUT2D eigenvalue weighted by Crippen LogP contribution is -2.43. The Morgan fingerprint density at radius 3 is 2.96 bits per heavy atom. The summed E-state index contributed by atoms with van der Waals surface area (Å²) in [5, 5.41) is 9.83. The number of benzene rings is 1. The molecule has 0 saturated carbocycles. The van der Waals surface area contributed by atoms with Crippen molar-refractivity contribution in [3.8, 4) is 11.5 Å². The number of aryl methyl sites for hydroxylation is 1. The van der Waals surface area contributed by atoms with E-state index in [0.717, 1.165) is 25.0 Å². The van der Waals surface area contributed by atoms with Gasteiger partial charge in [-0.05, 0) is 36.6 Å². The zero-order chi connectivity index (χ0) is 15.9. The molecule has 2 aliphatic rings. The molecule has 4 rings (SSSR count). The molecule has 3 heterocycles. The van der Waals surface area contributed by atoms with E-state index in [0.29, 0.717) is 13.1 Å². The van der Waals surface area contributed by atoms with Gasteiger partial charge in [-0.1, -0.05) is 18.2 Å². The number of rotatable bonds is 1. The predicted molar refractivity (Wildman–Crippen MR) is 84.5 cm³/mol. The molecule has 2 aromatic rings. The van der Waals surface area contributed by atoms with Gasteiger partial charge in [0.2, 0.25) is 0 Å². The van der Waals surface area contributed by atoms with Crippen LogP contribution in [0, 0.1) is 0 Å². The Labute approximate surface area is 134 Å². The van der Waals surface area contributed by atoms with E-state index in [1.54, 1.807) is 11.0 Å². The lowest BCUT2D eigenvalue weighted by Gasteiger charge is -2.35. The van der Waals surface area contributed by atoms with E-state index in [1.165, 1.54) is 17.8 Å². The summed E-state index contributed by atoms with van der Waals surface area (Å²) in [6.07, 6.45) is 4.20. The molecule has 1 atom stereocenters. The Morgan fingerprint density at radius 1 is 1.22 bits per heavy atom. The van der Waals surface area contributed by atoms with Crippen molar-refractivity contribution in [1.29, 1.82) is 0 Å². The SMILES string of the molecule is O=C(c1ncccc1O)N1CCC2(CCc3ccccc3O2)C1. The van der Waals surface area contributed by atoms with Crippen molar-refractivity contribution in [1.82, 2.24) is 9.88 Å². The molecule has 1 fully saturated rings. The summed E-state index contributed by atoms with van der Waals surface area (Å²) in [6, 6.07) is 11.2. The Hall–Kier alpha value is -2.56. The number of amides is 1. The van der Waals surface area contributed by atoms with Crippen LogP contribution in [0.15, 0.2) is 42.6 Å². The van der Waals surface area contributed by atoms with Crippen LogP contribution < -0.4 is 4.74 Å². The second-order valence-corrected chi connectivity index (χ2v) is 6.24. The highest BCUT2D eigenvalue weighted by Crippen LogP contribution is 2.39. The molecule has 1 aromatic heterocycles. The van der Waals surface area contributed by atoms with Gasteiger partial charge in [0.25, 0.3) is 5.91 Å². The molecule has 118 valence electrons. The van der Waals surface area contributed by atoms with Crippen molar-refractivity contribution < 1.29 is 14.6 Å². The number of hydrogen-bond acceptors (Lipinski definition) is 4. The highest BCUT2D eigenvalue weighted by Gasteiger charge is 2.44. The minimum atomic E-state index is -0.311. The number of para-hydroxylation sites is 1. The van der Waals surface area contributed by atoms with Crippen molar-refractivity contribution in [2.75, 3.05) is 13.1 Å². The topological polar surface area (TPSA) is 62.7 Å². The van der Waals surface area contributed by atoms with Crippen LogP contribution in [0.25, 0.3) is 0 Å². The molecular weight excluding hydrogens is 292 g/mol. The molecule has 5 heteroatoms. The first-order valence-corrected chi connectivity index (χ1v) is 7.87. The van der Waals surface area contributed by atoms with Crippen LogP contribution in [0.3, 0.4) is 0 Å². The van der Waals surface area contributed by atoms with E-state index in [9.17, 15) is 9.90 Å². The number of carbonyl (C=O) groups excluding carboxylic acids is 1. The molecule has 2 aliphatic heterocycles. The Bertz CT molecular complexity index is 761. The van der Waals surface area contributed by atoms with Crippen LogP contribution in [0.5, 0.6) is 11.5 Å². The molecule has 0 aliphatic carbocycles. The zero-order valence-electron chi connectivity index (χ0n) is 12.7. The van der Waals surface area contributed by atoms with E-state index in [1.807, 2.05) is 18.2 Å². The molecule has 1 N–H and O–H groups in total. The summed E-state index contributed by atoms with van der Waals surface area (Å²) >= 11 is 0. The summed E-state index contributed by atoms with van der Waals surface area (Å²) in [6.45, 7) is 1.16. The maximum absolute atomic E-state index is 12.6. The number of hydrogen-bond donors (Lipinski definition) is 1. The Morgan fingerprint density at radius 2 is 2.09 bits per heavy atom. The normalized spacial score (nSPS) is 22.7. The first kappa shape index (κ1) is 14.1. The fraction of sp³-hybridized carbons (Fsp3) is 0.333. The maximum Gasteiger partial charge on any atom is 0.276 e. The van der Waals surface area contributed by atoms with Gasteiger partial charge in [-0.2, -0.15) is 0 Å². The van der Waals surface area contributed by atoms with E-state index >= 15 is 0 Å². The standard InChI is InChI=1S/C18H18N2O3/c21-14-5-3-10-19-16(14)17(22)20-11-9-18(12-20)8-7-13-4-1-2-6-15(13)23-18/h1-6,10,21H,7-9,11-12H2. The summed E-state index contributed by atoms with van der Waals surface area (Å²) in [5.41, 5.74) is 1.03. The van der Waals surface area contributed by atoms with Crippen molar-refractivity contribution in [3.05, 3.63) is 53.9 Å². The van der Waals surface area contributed by atoms with Crippen molar-refractivity contribution in [2.45, 2.75) is 24.9 Å². The van der Waals surface area contributed by atoms with E-state index in [4.69, 9.17) is 4.74 Å². The predicted octanol–water partition coefficient (Wildman–Crippen LogP) is 2.40. The lowest BCUT2D eigenvalue weighted by molar-refractivity contribution is 0.0481. The molecule has 23 heavy (non-hydrogen) atoms. The minimum Gasteiger partial charge on any atom is -0.505 e. The summed E-state index contributed by atoms with van der Waals surface area (Å²) in [4.78, 5) is 18.3. The highest BCUT2D eigenvalue weighted by molar-refractivity contribution is 5.95. The van der Waals surface area contributed by atoms with Gasteiger partial charge in [0, 0.05) is 19.2 Å². The van der Waals surface area contributed by atoms with Gasteiger partial charge in [0.1, 0.15) is 17.1 Å². The molecule has 0 bridgehead atoms. The quantitative estimate of drug-likeness (QED) is 0.878. The smallest absolute Gasteiger partial charge is 0.276 e. The molecule has 1 spiro atoms. The molecule has 1 amide bonds. The van der Waals surface area contributed by atoms with Gasteiger partial charge in [0.05, 0.1) is 6.54 Å². The molecule has 0 radical (unpaired) electrons. The third kappa shape index (κ3) is 2.42. The third-order valence-electron chi connectivity index (χ3n) is 4.74. The second kappa shape index (κ2) is 5.26. The van der Waals surface area contributed by atoms with Gasteiger partial charge in [-0.3, -0.25) is 4.79 Å². The summed E-state index contributed by atoms with van der Waals surface area (Å²) in [5.74, 6) is 0.615. The van der Waals surface area contributed by atoms with Gasteiger partial charge >= 0.3 is 0 Å². The zero-order valence-corrected chi connectivity index (χ0v) is 12.7. The number of aromatic nitrogens is 1. The van der Waals surface area contributed by atoms with Gasteiger partial charge in [-0.15, -0.1) is 0 Å². The third-order valence-corrected chi connectivity index (χ3v) is 4.74. The van der Waals surface area contributed by atoms with Crippen LogP contribution in [-0.4, -0.2) is 39.6 Å². The maximum atomic E-state index is 12.6. The minimum absolute atomic E-state index is 0.0756. The molecule has 5 nitrogen and oxygen atoms in total. The number of ether oxygens (including phenoxy) is 1. The number of nitrogens with zero attached hydrogens (tertiary/aromatic N) is 2. The summed E-state index contributed by atoms with van der Waals surface area (Å²) < 4.78 is 6.25. The average molecular weight is 310 g/mol. The number of carbonyl (C=O) groups is 1. The Kier molecular flexibility index (Phi) is 3.22. The largest absolute Gasteiger partial charge is 0.505 e. The van der Waals surface area contributed by atoms with Crippen molar-refractivity contribution in [2.24, 2.45) is 0 Å². The Balaban J connectivity index is 1.54. The van der Waals surface area contributed by atoms with Crippen LogP contribution in [-0.2, 0) is 6.42 Å². The monoisotopic (exact) mass is 310 g/mol. The van der Waals surface area contributed by atoms with E-state index in [-0.39, 0.29) is 23.0 Å². The highest BCUT2D eigenvalue weighted by atomic mass is 16.5. The van der Waals surface area contributed by atoms with Gasteiger partial charge in [0.15, 0.2) is 5.69 Å². The summed E-state index contributed by atoms with van der Waals surface area (Å²) in [7, 11) is 0. The molecule has 1 aromatic carbocycles. The van der Waals surface area contributed by atoms with Crippen LogP contribution in [0.2, 0.25) is 0 Å². The average Bonchev–Trinajstić information content (AvgIpc) is 2.98. The number of fused-ring (bicyclic) bond motifs is 1. The van der Waals surface area contributed by atoms with Gasteiger partial charge < -0.3 is 14.7 Å². The van der Waals surface area contributed by atoms with E-state index in [2.05, 4.69) is 11.1 Å². The van der Waals surface area contributed by atoms with Crippen molar-refractivity contribution >= 4 is 5.91 Å². The lowest BCUT2D eigenvalue weighted by atomic mass is 9.90. The van der Waals surface area contributed by atoms with E-state index < -0.39 is 0 Å². The van der Waals surface area contributed by atoms with Gasteiger partial charge in [-0.25, -0.2) is 4.98 Å². The molecule has 1 saturated heterocycles. The first-order chi connectivity index (χ1) is 11.2. The van der Waals surface area contributed by atoms with Crippen LogP contribution in [0.4, 0.5) is 0 Å². The fourth-order valence-electron chi connectivity index (χ4n) is 3.47. The van der Waals surface area contributed by atoms with Crippen molar-refractivity contribution in [3.63, 3.8) is 0 Å². The van der Waals surface area contributed by atoms with Crippen LogP contribution >= 0.6 is 0 Å². The number of aromatic hydroxyl groups is 1. The second-order valence-electron chi connectivity index (χ2n) is 6.24. The molecule has 1 unspecified atom stereocenters. The fourth-order valence-corrected chi connectivity index (χ4v) is 3.47. The number of pyridine rings is 1. The first-order valence-electron chi connectivity index (χ1n) is 7.87. The molecular formula is C18H18N2O3. The number of likely N-dealkylation sites (tertiary alicyclic amines) is 1.